The van der Waals surface area contributed by atoms with E-state index >= 15 is 0 Å². The van der Waals surface area contributed by atoms with Crippen LogP contribution in [0, 0.1) is 10.1 Å². The van der Waals surface area contributed by atoms with Gasteiger partial charge in [0.2, 0.25) is 10.0 Å². The van der Waals surface area contributed by atoms with Crippen LogP contribution in [0.1, 0.15) is 27.7 Å². The fraction of sp³-hybridized carbons (Fsp3) is 0.368. The summed E-state index contributed by atoms with van der Waals surface area (Å²) in [5.74, 6) is 1.07. The lowest BCUT2D eigenvalue weighted by atomic mass is 10.2. The van der Waals surface area contributed by atoms with E-state index in [-0.39, 0.29) is 22.3 Å². The third-order valence-corrected chi connectivity index (χ3v) is 5.35. The Bertz CT molecular complexity index is 976. The number of nitrogens with zero attached hydrogens (tertiary/aromatic N) is 1. The van der Waals surface area contributed by atoms with Crippen molar-refractivity contribution in [2.45, 2.75) is 38.6 Å². The fourth-order valence-corrected chi connectivity index (χ4v) is 3.87. The molecule has 0 spiro atoms. The van der Waals surface area contributed by atoms with Crippen molar-refractivity contribution >= 4 is 27.1 Å². The molecule has 0 aliphatic heterocycles. The van der Waals surface area contributed by atoms with Crippen molar-refractivity contribution in [2.24, 2.45) is 0 Å². The van der Waals surface area contributed by atoms with Crippen molar-refractivity contribution in [1.29, 1.82) is 0 Å². The Kier molecular flexibility index (Phi) is 7.40. The third kappa shape index (κ3) is 5.81. The van der Waals surface area contributed by atoms with Crippen LogP contribution in [-0.4, -0.2) is 32.6 Å². The largest absolute Gasteiger partial charge is 0.490 e. The van der Waals surface area contributed by atoms with E-state index in [4.69, 9.17) is 9.47 Å². The molecule has 2 aromatic rings. The van der Waals surface area contributed by atoms with Crippen LogP contribution < -0.4 is 19.5 Å². The second-order valence-electron chi connectivity index (χ2n) is 6.36. The summed E-state index contributed by atoms with van der Waals surface area (Å²) in [6.45, 7) is 7.94. The monoisotopic (exact) mass is 423 g/mol. The van der Waals surface area contributed by atoms with Gasteiger partial charge in [-0.3, -0.25) is 10.1 Å². The second-order valence-corrected chi connectivity index (χ2v) is 8.08. The molecule has 0 amide bonds. The summed E-state index contributed by atoms with van der Waals surface area (Å²) in [5.41, 5.74) is 0.337. The van der Waals surface area contributed by atoms with Crippen LogP contribution in [0.5, 0.6) is 11.5 Å². The van der Waals surface area contributed by atoms with Crippen molar-refractivity contribution < 1.29 is 22.8 Å². The van der Waals surface area contributed by atoms with Gasteiger partial charge < -0.3 is 14.8 Å². The van der Waals surface area contributed by atoms with E-state index in [0.29, 0.717) is 30.4 Å². The van der Waals surface area contributed by atoms with E-state index < -0.39 is 14.9 Å². The van der Waals surface area contributed by atoms with E-state index in [1.54, 1.807) is 32.0 Å². The maximum Gasteiger partial charge on any atom is 0.294 e. The topological polar surface area (TPSA) is 120 Å². The molecule has 0 fully saturated rings. The molecule has 0 heterocycles. The average molecular weight is 423 g/mol. The Hall–Kier alpha value is -2.85. The summed E-state index contributed by atoms with van der Waals surface area (Å²) in [6.07, 6.45) is 0. The Morgan fingerprint density at radius 2 is 1.69 bits per heavy atom. The number of nitro benzene ring substituents is 1. The average Bonchev–Trinajstić information content (AvgIpc) is 2.63. The minimum Gasteiger partial charge on any atom is -0.490 e. The molecule has 10 heteroatoms. The smallest absolute Gasteiger partial charge is 0.294 e. The summed E-state index contributed by atoms with van der Waals surface area (Å²) < 4.78 is 38.1. The molecular formula is C19H25N3O6S. The lowest BCUT2D eigenvalue weighted by molar-refractivity contribution is -0.384. The van der Waals surface area contributed by atoms with E-state index in [2.05, 4.69) is 10.0 Å². The van der Waals surface area contributed by atoms with Crippen LogP contribution in [0.3, 0.4) is 0 Å². The van der Waals surface area contributed by atoms with Gasteiger partial charge in [0, 0.05) is 23.9 Å². The first-order valence-corrected chi connectivity index (χ1v) is 10.6. The molecule has 2 N–H and O–H groups in total. The number of nitrogens with one attached hydrogen (secondary N) is 2. The lowest BCUT2D eigenvalue weighted by Gasteiger charge is -2.14. The molecule has 0 radical (unpaired) electrons. The predicted octanol–water partition coefficient (Wildman–Crippen LogP) is 3.82. The number of hydrogen-bond acceptors (Lipinski definition) is 7. The molecule has 0 bridgehead atoms. The first kappa shape index (κ1) is 22.4. The minimum absolute atomic E-state index is 0.158. The maximum absolute atomic E-state index is 12.3. The Balaban J connectivity index is 2.40. The zero-order valence-electron chi connectivity index (χ0n) is 16.8. The number of benzene rings is 2. The van der Waals surface area contributed by atoms with Gasteiger partial charge in [0.1, 0.15) is 5.69 Å². The number of sulfonamides is 1. The molecule has 2 rings (SSSR count). The normalized spacial score (nSPS) is 11.3. The third-order valence-electron chi connectivity index (χ3n) is 3.69. The Morgan fingerprint density at radius 1 is 1.03 bits per heavy atom. The molecule has 0 unspecified atom stereocenters. The molecular weight excluding hydrogens is 398 g/mol. The molecule has 29 heavy (non-hydrogen) atoms. The molecule has 2 aromatic carbocycles. The molecule has 0 aliphatic carbocycles. The zero-order chi connectivity index (χ0) is 21.6. The van der Waals surface area contributed by atoms with Gasteiger partial charge in [0.25, 0.3) is 5.69 Å². The van der Waals surface area contributed by atoms with Crippen LogP contribution in [0.15, 0.2) is 41.3 Å². The summed E-state index contributed by atoms with van der Waals surface area (Å²) >= 11 is 0. The van der Waals surface area contributed by atoms with Crippen LogP contribution >= 0.6 is 0 Å². The van der Waals surface area contributed by atoms with E-state index in [0.717, 1.165) is 6.07 Å². The number of hydrogen-bond donors (Lipinski definition) is 2. The first-order valence-electron chi connectivity index (χ1n) is 9.15. The van der Waals surface area contributed by atoms with Crippen molar-refractivity contribution in [1.82, 2.24) is 4.72 Å². The van der Waals surface area contributed by atoms with Crippen LogP contribution in [-0.2, 0) is 10.0 Å². The van der Waals surface area contributed by atoms with E-state index in [9.17, 15) is 18.5 Å². The van der Waals surface area contributed by atoms with Gasteiger partial charge in [0.05, 0.1) is 23.0 Å². The number of ether oxygens (including phenoxy) is 2. The molecule has 0 saturated heterocycles. The Labute approximate surface area is 170 Å². The highest BCUT2D eigenvalue weighted by Gasteiger charge is 2.22. The quantitative estimate of drug-likeness (QED) is 0.440. The molecule has 158 valence electrons. The van der Waals surface area contributed by atoms with Gasteiger partial charge in [-0.2, -0.15) is 0 Å². The summed E-state index contributed by atoms with van der Waals surface area (Å²) in [5, 5.41) is 14.5. The van der Waals surface area contributed by atoms with Crippen molar-refractivity contribution in [3.63, 3.8) is 0 Å². The summed E-state index contributed by atoms with van der Waals surface area (Å²) in [4.78, 5) is 10.7. The van der Waals surface area contributed by atoms with Crippen LogP contribution in [0.25, 0.3) is 0 Å². The van der Waals surface area contributed by atoms with Gasteiger partial charge in [-0.25, -0.2) is 13.1 Å². The van der Waals surface area contributed by atoms with Gasteiger partial charge >= 0.3 is 0 Å². The number of anilines is 2. The van der Waals surface area contributed by atoms with Gasteiger partial charge in [-0.15, -0.1) is 0 Å². The Morgan fingerprint density at radius 3 is 2.28 bits per heavy atom. The second kappa shape index (κ2) is 9.57. The fourth-order valence-electron chi connectivity index (χ4n) is 2.60. The zero-order valence-corrected chi connectivity index (χ0v) is 17.6. The van der Waals surface area contributed by atoms with E-state index in [1.807, 2.05) is 13.8 Å². The molecule has 0 saturated carbocycles. The van der Waals surface area contributed by atoms with Gasteiger partial charge in [0.15, 0.2) is 11.5 Å². The highest BCUT2D eigenvalue weighted by molar-refractivity contribution is 7.89. The van der Waals surface area contributed by atoms with Crippen molar-refractivity contribution in [3.8, 4) is 11.5 Å². The predicted molar refractivity (Wildman–Crippen MR) is 111 cm³/mol. The molecule has 0 aliphatic rings. The minimum atomic E-state index is -3.85. The lowest BCUT2D eigenvalue weighted by Crippen LogP contribution is -2.30. The standard InChI is InChI=1S/C19H25N3O6S/c1-5-27-18-10-7-14(11-19(18)28-6-2)20-16-9-8-15(12-17(16)22(23)24)29(25,26)21-13(3)4/h7-13,20-21H,5-6H2,1-4H3. The highest BCUT2D eigenvalue weighted by Crippen LogP contribution is 2.35. The van der Waals surface area contributed by atoms with Crippen LogP contribution in [0.4, 0.5) is 17.1 Å². The van der Waals surface area contributed by atoms with Gasteiger partial charge in [-0.1, -0.05) is 0 Å². The van der Waals surface area contributed by atoms with Crippen LogP contribution in [0.2, 0.25) is 0 Å². The highest BCUT2D eigenvalue weighted by atomic mass is 32.2. The number of rotatable bonds is 10. The molecule has 0 atom stereocenters. The van der Waals surface area contributed by atoms with E-state index in [1.165, 1.54) is 12.1 Å². The van der Waals surface area contributed by atoms with Crippen molar-refractivity contribution in [2.75, 3.05) is 18.5 Å². The van der Waals surface area contributed by atoms with Gasteiger partial charge in [-0.05, 0) is 52.0 Å². The maximum atomic E-state index is 12.3. The van der Waals surface area contributed by atoms with Crippen molar-refractivity contribution in [3.05, 3.63) is 46.5 Å². The SMILES string of the molecule is CCOc1ccc(Nc2ccc(S(=O)(=O)NC(C)C)cc2[N+](=O)[O-])cc1OCC. The summed E-state index contributed by atoms with van der Waals surface area (Å²) in [7, 11) is -3.85. The molecule has 0 aromatic heterocycles. The molecule has 9 nitrogen and oxygen atoms in total. The first-order chi connectivity index (χ1) is 13.7. The number of nitro groups is 1. The summed E-state index contributed by atoms with van der Waals surface area (Å²) in [6, 6.07) is 8.45.